The van der Waals surface area contributed by atoms with Gasteiger partial charge in [-0.1, -0.05) is 19.3 Å². The van der Waals surface area contributed by atoms with Crippen LogP contribution in [0.5, 0.6) is 0 Å². The summed E-state index contributed by atoms with van der Waals surface area (Å²) in [6.07, 6.45) is 8.32. The minimum atomic E-state index is 0. The van der Waals surface area contributed by atoms with E-state index in [9.17, 15) is 0 Å². The van der Waals surface area contributed by atoms with Crippen LogP contribution in [0.3, 0.4) is 0 Å². The molecule has 0 unspecified atom stereocenters. The largest absolute Gasteiger partial charge is 0.369 e. The highest BCUT2D eigenvalue weighted by atomic mass is 35.5. The van der Waals surface area contributed by atoms with E-state index in [-0.39, 0.29) is 12.4 Å². The smallest absolute Gasteiger partial charge is 0.113 e. The number of piperazine rings is 1. The molecule has 5 nitrogen and oxygen atoms in total. The van der Waals surface area contributed by atoms with E-state index >= 15 is 0 Å². The Kier molecular flexibility index (Phi) is 7.15. The van der Waals surface area contributed by atoms with Crippen LogP contribution in [0.1, 0.15) is 32.1 Å². The Bertz CT molecular complexity index is 480. The SMILES string of the molecule is Cl.ONC=Nc1ccc(N2CCN(C3CCCCC3)CC2)cc1. The van der Waals surface area contributed by atoms with Crippen molar-refractivity contribution in [3.05, 3.63) is 24.3 Å². The van der Waals surface area contributed by atoms with Crippen molar-refractivity contribution in [2.45, 2.75) is 38.1 Å². The molecule has 3 rings (SSSR count). The maximum absolute atomic E-state index is 8.51. The lowest BCUT2D eigenvalue weighted by molar-refractivity contribution is 0.148. The lowest BCUT2D eigenvalue weighted by Gasteiger charge is -2.41. The van der Waals surface area contributed by atoms with E-state index in [1.807, 2.05) is 17.6 Å². The van der Waals surface area contributed by atoms with Crippen LogP contribution in [0.25, 0.3) is 0 Å². The minimum absolute atomic E-state index is 0. The molecule has 0 spiro atoms. The minimum Gasteiger partial charge on any atom is -0.369 e. The Morgan fingerprint density at radius 1 is 1.00 bits per heavy atom. The number of rotatable bonds is 4. The molecule has 1 saturated carbocycles. The monoisotopic (exact) mass is 338 g/mol. The summed E-state index contributed by atoms with van der Waals surface area (Å²) in [5.41, 5.74) is 4.02. The second-order valence-electron chi connectivity index (χ2n) is 6.22. The average Bonchev–Trinajstić information content (AvgIpc) is 2.61. The quantitative estimate of drug-likeness (QED) is 0.503. The van der Waals surface area contributed by atoms with E-state index in [4.69, 9.17) is 5.21 Å². The van der Waals surface area contributed by atoms with Gasteiger partial charge < -0.3 is 4.90 Å². The van der Waals surface area contributed by atoms with Gasteiger partial charge in [0.15, 0.2) is 0 Å². The number of hydrogen-bond donors (Lipinski definition) is 2. The van der Waals surface area contributed by atoms with Crippen molar-refractivity contribution in [3.8, 4) is 0 Å². The van der Waals surface area contributed by atoms with Gasteiger partial charge in [0.2, 0.25) is 0 Å². The van der Waals surface area contributed by atoms with Gasteiger partial charge in [-0.2, -0.15) is 0 Å². The fourth-order valence-electron chi connectivity index (χ4n) is 3.64. The van der Waals surface area contributed by atoms with Gasteiger partial charge in [-0.15, -0.1) is 12.4 Å². The molecule has 1 aromatic rings. The second kappa shape index (κ2) is 9.11. The van der Waals surface area contributed by atoms with Crippen molar-refractivity contribution < 1.29 is 5.21 Å². The van der Waals surface area contributed by atoms with Crippen molar-refractivity contribution in [2.75, 3.05) is 31.1 Å². The molecular formula is C17H27ClN4O. The number of nitrogens with one attached hydrogen (secondary N) is 1. The molecule has 0 amide bonds. The van der Waals surface area contributed by atoms with E-state index in [1.165, 1.54) is 57.2 Å². The molecule has 2 aliphatic rings. The van der Waals surface area contributed by atoms with Crippen molar-refractivity contribution in [2.24, 2.45) is 4.99 Å². The Hall–Kier alpha value is -1.30. The Morgan fingerprint density at radius 3 is 2.26 bits per heavy atom. The summed E-state index contributed by atoms with van der Waals surface area (Å²) < 4.78 is 0. The van der Waals surface area contributed by atoms with Crippen LogP contribution in [0.2, 0.25) is 0 Å². The van der Waals surface area contributed by atoms with Crippen molar-refractivity contribution in [1.29, 1.82) is 0 Å². The maximum Gasteiger partial charge on any atom is 0.113 e. The molecule has 0 bridgehead atoms. The topological polar surface area (TPSA) is 51.1 Å². The third kappa shape index (κ3) is 4.83. The summed E-state index contributed by atoms with van der Waals surface area (Å²) in [5.74, 6) is 0. The maximum atomic E-state index is 8.51. The first-order valence-electron chi connectivity index (χ1n) is 8.38. The third-order valence-electron chi connectivity index (χ3n) is 4.89. The number of halogens is 1. The molecule has 128 valence electrons. The first-order chi connectivity index (χ1) is 10.9. The first-order valence-corrected chi connectivity index (χ1v) is 8.38. The van der Waals surface area contributed by atoms with E-state index in [0.717, 1.165) is 24.8 Å². The van der Waals surface area contributed by atoms with Gasteiger partial charge in [-0.05, 0) is 37.1 Å². The van der Waals surface area contributed by atoms with Gasteiger partial charge in [-0.3, -0.25) is 15.6 Å². The Labute approximate surface area is 144 Å². The number of hydroxylamine groups is 1. The zero-order valence-electron chi connectivity index (χ0n) is 13.5. The van der Waals surface area contributed by atoms with E-state index in [2.05, 4.69) is 26.9 Å². The van der Waals surface area contributed by atoms with Crippen LogP contribution in [0.15, 0.2) is 29.3 Å². The van der Waals surface area contributed by atoms with Gasteiger partial charge in [-0.25, -0.2) is 4.99 Å². The number of anilines is 1. The molecule has 6 heteroatoms. The molecule has 1 aliphatic heterocycles. The van der Waals surface area contributed by atoms with Gasteiger partial charge in [0.05, 0.1) is 5.69 Å². The van der Waals surface area contributed by atoms with Gasteiger partial charge >= 0.3 is 0 Å². The lowest BCUT2D eigenvalue weighted by Crippen LogP contribution is -2.50. The standard InChI is InChI=1S/C17H26N4O.ClH/c22-19-14-18-15-6-8-17(9-7-15)21-12-10-20(11-13-21)16-4-2-1-3-5-16;/h6-9,14,16,22H,1-5,10-13H2,(H,18,19);1H. The number of hydrogen-bond acceptors (Lipinski definition) is 4. The van der Waals surface area contributed by atoms with Crippen LogP contribution >= 0.6 is 12.4 Å². The number of nitrogens with zero attached hydrogens (tertiary/aromatic N) is 3. The van der Waals surface area contributed by atoms with E-state index in [1.54, 1.807) is 0 Å². The summed E-state index contributed by atoms with van der Waals surface area (Å²) in [7, 11) is 0. The third-order valence-corrected chi connectivity index (χ3v) is 4.89. The molecule has 0 atom stereocenters. The molecule has 2 N–H and O–H groups in total. The fourth-order valence-corrected chi connectivity index (χ4v) is 3.64. The zero-order chi connectivity index (χ0) is 15.2. The molecule has 23 heavy (non-hydrogen) atoms. The number of benzene rings is 1. The Morgan fingerprint density at radius 2 is 1.65 bits per heavy atom. The predicted molar refractivity (Wildman–Crippen MR) is 97.4 cm³/mol. The first kappa shape index (κ1) is 18.0. The molecule has 0 radical (unpaired) electrons. The van der Waals surface area contributed by atoms with Crippen LogP contribution in [-0.4, -0.2) is 48.7 Å². The molecule has 2 fully saturated rings. The van der Waals surface area contributed by atoms with E-state index in [0.29, 0.717) is 0 Å². The highest BCUT2D eigenvalue weighted by Crippen LogP contribution is 2.25. The van der Waals surface area contributed by atoms with Gasteiger partial charge in [0.1, 0.15) is 6.34 Å². The van der Waals surface area contributed by atoms with Gasteiger partial charge in [0.25, 0.3) is 0 Å². The average molecular weight is 339 g/mol. The Balaban J connectivity index is 0.00000192. The van der Waals surface area contributed by atoms with Crippen LogP contribution in [-0.2, 0) is 0 Å². The molecular weight excluding hydrogens is 312 g/mol. The normalized spacial score (nSPS) is 20.5. The molecule has 1 heterocycles. The van der Waals surface area contributed by atoms with Gasteiger partial charge in [0, 0.05) is 37.9 Å². The molecule has 1 saturated heterocycles. The van der Waals surface area contributed by atoms with Crippen LogP contribution in [0, 0.1) is 0 Å². The zero-order valence-corrected chi connectivity index (χ0v) is 14.3. The summed E-state index contributed by atoms with van der Waals surface area (Å²) in [5, 5.41) is 8.51. The van der Waals surface area contributed by atoms with Crippen molar-refractivity contribution >= 4 is 30.1 Å². The molecule has 1 aromatic carbocycles. The van der Waals surface area contributed by atoms with Crippen molar-refractivity contribution in [3.63, 3.8) is 0 Å². The lowest BCUT2D eigenvalue weighted by atomic mass is 9.94. The molecule has 1 aliphatic carbocycles. The summed E-state index contributed by atoms with van der Waals surface area (Å²) in [6, 6.07) is 9.02. The van der Waals surface area contributed by atoms with Crippen LogP contribution in [0.4, 0.5) is 11.4 Å². The summed E-state index contributed by atoms with van der Waals surface area (Å²) in [4.78, 5) is 9.22. The highest BCUT2D eigenvalue weighted by molar-refractivity contribution is 5.85. The van der Waals surface area contributed by atoms with Crippen LogP contribution < -0.4 is 10.4 Å². The predicted octanol–water partition coefficient (Wildman–Crippen LogP) is 3.20. The van der Waals surface area contributed by atoms with E-state index < -0.39 is 0 Å². The van der Waals surface area contributed by atoms with Crippen molar-refractivity contribution in [1.82, 2.24) is 10.4 Å². The summed E-state index contributed by atoms with van der Waals surface area (Å²) >= 11 is 0. The number of aliphatic imine (C=N–C) groups is 1. The molecule has 0 aromatic heterocycles. The highest BCUT2D eigenvalue weighted by Gasteiger charge is 2.25. The fraction of sp³-hybridized carbons (Fsp3) is 0.588. The summed E-state index contributed by atoms with van der Waals surface area (Å²) in [6.45, 7) is 4.58. The second-order valence-corrected chi connectivity index (χ2v) is 6.22.